The number of nitrogens with zero attached hydrogens (tertiary/aromatic N) is 6. The Balaban J connectivity index is 0.860. The molecule has 18 heteroatoms. The number of carbonyl (C=O) groups is 5. The number of carbonyl (C=O) groups excluding carboxylic acids is 5. The zero-order valence-electron chi connectivity index (χ0n) is 33.9. The molecule has 1 unspecified atom stereocenters. The van der Waals surface area contributed by atoms with Gasteiger partial charge in [-0.25, -0.2) is 14.4 Å². The summed E-state index contributed by atoms with van der Waals surface area (Å²) < 4.78 is 27.3. The molecule has 0 saturated carbocycles. The van der Waals surface area contributed by atoms with Crippen LogP contribution >= 0.6 is 0 Å². The number of methoxy groups -OCH3 is 1. The van der Waals surface area contributed by atoms with Gasteiger partial charge in [0, 0.05) is 94.8 Å². The Labute approximate surface area is 347 Å². The van der Waals surface area contributed by atoms with E-state index in [1.807, 2.05) is 25.1 Å². The second kappa shape index (κ2) is 17.5. The number of amides is 5. The number of piperidine rings is 2. The quantitative estimate of drug-likeness (QED) is 0.194. The molecule has 0 aliphatic carbocycles. The van der Waals surface area contributed by atoms with E-state index < -0.39 is 41.4 Å². The fourth-order valence-electron chi connectivity index (χ4n) is 8.96. The molecule has 17 nitrogen and oxygen atoms in total. The maximum Gasteiger partial charge on any atom is 0.271 e. The minimum atomic E-state index is -1.15. The van der Waals surface area contributed by atoms with Crippen LogP contribution in [-0.4, -0.2) is 132 Å². The van der Waals surface area contributed by atoms with Crippen LogP contribution in [0.15, 0.2) is 30.3 Å². The van der Waals surface area contributed by atoms with Crippen LogP contribution in [0.3, 0.4) is 0 Å². The van der Waals surface area contributed by atoms with Crippen LogP contribution in [0.25, 0.3) is 0 Å². The van der Waals surface area contributed by atoms with E-state index in [1.54, 1.807) is 13.2 Å². The molecule has 1 atom stereocenters. The van der Waals surface area contributed by atoms with Crippen molar-refractivity contribution in [3.8, 4) is 5.75 Å². The number of aromatic nitrogens is 2. The topological polar surface area (TPSA) is 205 Å². The number of ether oxygens (including phenoxy) is 2. The summed E-state index contributed by atoms with van der Waals surface area (Å²) in [7, 11) is 1.64. The molecule has 6 heterocycles. The third-order valence-electron chi connectivity index (χ3n) is 12.3. The van der Waals surface area contributed by atoms with Gasteiger partial charge in [-0.15, -0.1) is 0 Å². The Morgan fingerprint density at radius 3 is 2.38 bits per heavy atom. The van der Waals surface area contributed by atoms with Crippen LogP contribution in [0.1, 0.15) is 87.9 Å². The number of nitrogens with two attached hydrogens (primary N) is 1. The summed E-state index contributed by atoms with van der Waals surface area (Å²) in [5, 5.41) is 8.93. The predicted molar refractivity (Wildman–Crippen MR) is 219 cm³/mol. The van der Waals surface area contributed by atoms with Crippen LogP contribution in [0.5, 0.6) is 5.75 Å². The van der Waals surface area contributed by atoms with E-state index in [0.717, 1.165) is 62.4 Å². The van der Waals surface area contributed by atoms with Gasteiger partial charge in [0.25, 0.3) is 17.7 Å². The summed E-state index contributed by atoms with van der Waals surface area (Å²) in [6.45, 7) is 8.29. The highest BCUT2D eigenvalue weighted by Crippen LogP contribution is 2.36. The average molecular weight is 827 g/mol. The van der Waals surface area contributed by atoms with Gasteiger partial charge in [-0.2, -0.15) is 0 Å². The van der Waals surface area contributed by atoms with E-state index in [0.29, 0.717) is 67.3 Å². The molecule has 1 aromatic heterocycles. The van der Waals surface area contributed by atoms with E-state index >= 15 is 4.39 Å². The molecule has 2 aromatic carbocycles. The number of halogens is 1. The molecule has 4 fully saturated rings. The number of fused-ring (bicyclic) bond motifs is 1. The highest BCUT2D eigenvalue weighted by Gasteiger charge is 2.46. The van der Waals surface area contributed by atoms with Gasteiger partial charge in [0.2, 0.25) is 11.8 Å². The smallest absolute Gasteiger partial charge is 0.271 e. The summed E-state index contributed by atoms with van der Waals surface area (Å²) in [5.41, 5.74) is 8.09. The van der Waals surface area contributed by atoms with Gasteiger partial charge in [0.15, 0.2) is 17.3 Å². The molecule has 3 aromatic rings. The van der Waals surface area contributed by atoms with Crippen molar-refractivity contribution in [2.24, 2.45) is 5.73 Å². The van der Waals surface area contributed by atoms with E-state index in [2.05, 4.69) is 35.6 Å². The van der Waals surface area contributed by atoms with Crippen molar-refractivity contribution >= 4 is 52.5 Å². The lowest BCUT2D eigenvalue weighted by molar-refractivity contribution is -0.136. The van der Waals surface area contributed by atoms with Gasteiger partial charge in [0.1, 0.15) is 17.6 Å². The lowest BCUT2D eigenvalue weighted by Crippen LogP contribution is -2.54. The molecule has 0 radical (unpaired) electrons. The van der Waals surface area contributed by atoms with Gasteiger partial charge < -0.3 is 30.7 Å². The molecule has 60 heavy (non-hydrogen) atoms. The summed E-state index contributed by atoms with van der Waals surface area (Å²) in [5.74, 6) is -2.60. The largest absolute Gasteiger partial charge is 0.495 e. The third-order valence-corrected chi connectivity index (χ3v) is 12.3. The zero-order chi connectivity index (χ0) is 42.1. The molecular formula is C42H51FN10O7. The zero-order valence-corrected chi connectivity index (χ0v) is 33.9. The van der Waals surface area contributed by atoms with Crippen molar-refractivity contribution in [1.82, 2.24) is 30.0 Å². The van der Waals surface area contributed by atoms with Crippen molar-refractivity contribution in [3.05, 3.63) is 64.2 Å². The lowest BCUT2D eigenvalue weighted by Gasteiger charge is -2.43. The second-order valence-electron chi connectivity index (χ2n) is 15.9. The first kappa shape index (κ1) is 41.0. The van der Waals surface area contributed by atoms with E-state index in [1.165, 1.54) is 6.07 Å². The molecule has 5 aliphatic heterocycles. The third kappa shape index (κ3) is 8.23. The number of imide groups is 2. The molecule has 5 aliphatic rings. The van der Waals surface area contributed by atoms with Crippen molar-refractivity contribution in [1.29, 1.82) is 0 Å². The summed E-state index contributed by atoms with van der Waals surface area (Å²) in [6.07, 6.45) is 4.19. The molecule has 8 rings (SSSR count). The van der Waals surface area contributed by atoms with E-state index in [9.17, 15) is 24.0 Å². The normalized spacial score (nSPS) is 20.9. The number of rotatable bonds is 12. The number of primary amides is 1. The molecule has 318 valence electrons. The van der Waals surface area contributed by atoms with Crippen LogP contribution in [0.2, 0.25) is 0 Å². The maximum absolute atomic E-state index is 15.9. The maximum atomic E-state index is 15.9. The van der Waals surface area contributed by atoms with Gasteiger partial charge in [0.05, 0.1) is 29.6 Å². The Morgan fingerprint density at radius 1 is 0.950 bits per heavy atom. The first-order valence-corrected chi connectivity index (χ1v) is 20.8. The number of hydrogen-bond acceptors (Lipinski definition) is 14. The molecule has 4 saturated heterocycles. The van der Waals surface area contributed by atoms with Crippen LogP contribution in [-0.2, 0) is 27.3 Å². The molecular weight excluding hydrogens is 776 g/mol. The highest BCUT2D eigenvalue weighted by molar-refractivity contribution is 6.23. The number of piperazine rings is 1. The van der Waals surface area contributed by atoms with Gasteiger partial charge >= 0.3 is 0 Å². The van der Waals surface area contributed by atoms with E-state index in [-0.39, 0.29) is 48.1 Å². The standard InChI is InChI=1S/C42H51FN10O7/c1-3-29-38(45-25-12-20-60-21-13-25)49-39(36(47-29)37(44)55)46-26-5-7-30(32(22-26)59-2)52-14-10-27(11-15-52)51-18-16-50(17-19-51)23-24-4-6-28-34(35(24)43)42(58)53(41(28)57)31-8-9-33(54)48-40(31)56/h4-7,22,25,27,31H,3,8-21,23H2,1-2H3,(H2,44,55)(H2,45,46,49)(H,48,54,56). The van der Waals surface area contributed by atoms with Crippen molar-refractivity contribution in [3.63, 3.8) is 0 Å². The number of anilines is 4. The van der Waals surface area contributed by atoms with Crippen molar-refractivity contribution in [2.75, 3.05) is 75.1 Å². The SMILES string of the molecule is CCc1nc(C(N)=O)c(Nc2ccc(N3CCC(N4CCN(Cc5ccc6c(c5F)C(=O)N(C5CCC(=O)NC5=O)C6=O)CC4)CC3)c(OC)c2)nc1NC1CCOCC1. The lowest BCUT2D eigenvalue weighted by atomic mass is 10.0. The van der Waals surface area contributed by atoms with E-state index in [4.69, 9.17) is 20.2 Å². The van der Waals surface area contributed by atoms with Gasteiger partial charge in [-0.05, 0) is 56.7 Å². The first-order valence-electron chi connectivity index (χ1n) is 20.8. The fourth-order valence-corrected chi connectivity index (χ4v) is 8.96. The van der Waals surface area contributed by atoms with Gasteiger partial charge in [-0.3, -0.25) is 44.0 Å². The predicted octanol–water partition coefficient (Wildman–Crippen LogP) is 2.81. The minimum absolute atomic E-state index is 0.00538. The number of aryl methyl sites for hydroxylation is 1. The van der Waals surface area contributed by atoms with Crippen molar-refractivity contribution in [2.45, 2.75) is 76.5 Å². The van der Waals surface area contributed by atoms with Crippen LogP contribution in [0.4, 0.5) is 27.4 Å². The Kier molecular flexibility index (Phi) is 12.0. The average Bonchev–Trinajstić information content (AvgIpc) is 3.51. The Morgan fingerprint density at radius 2 is 1.70 bits per heavy atom. The molecule has 5 amide bonds. The number of hydrogen-bond donors (Lipinski definition) is 4. The first-order chi connectivity index (χ1) is 29.0. The number of nitrogens with one attached hydrogen (secondary N) is 3. The summed E-state index contributed by atoms with van der Waals surface area (Å²) in [4.78, 5) is 80.1. The molecule has 0 spiro atoms. The summed E-state index contributed by atoms with van der Waals surface area (Å²) >= 11 is 0. The Hall–Kier alpha value is -5.72. The fraction of sp³-hybridized carbons (Fsp3) is 0.500. The van der Waals surface area contributed by atoms with Crippen LogP contribution in [0, 0.1) is 5.82 Å². The molecule has 0 bridgehead atoms. The monoisotopic (exact) mass is 826 g/mol. The Bertz CT molecular complexity index is 2180. The molecule has 5 N–H and O–H groups in total. The minimum Gasteiger partial charge on any atom is -0.495 e. The second-order valence-corrected chi connectivity index (χ2v) is 15.9. The van der Waals surface area contributed by atoms with Crippen LogP contribution < -0.4 is 31.3 Å². The van der Waals surface area contributed by atoms with Gasteiger partial charge in [-0.1, -0.05) is 13.0 Å². The van der Waals surface area contributed by atoms with Crippen molar-refractivity contribution < 1.29 is 37.8 Å². The summed E-state index contributed by atoms with van der Waals surface area (Å²) in [6, 6.07) is 8.27. The highest BCUT2D eigenvalue weighted by atomic mass is 19.1. The number of benzene rings is 2.